The van der Waals surface area contributed by atoms with E-state index in [2.05, 4.69) is 57.2 Å². The van der Waals surface area contributed by atoms with Gasteiger partial charge in [-0.1, -0.05) is 61.1 Å². The Balaban J connectivity index is 2.99. The van der Waals surface area contributed by atoms with E-state index in [1.165, 1.54) is 5.57 Å². The van der Waals surface area contributed by atoms with Gasteiger partial charge in [0.25, 0.3) is 0 Å². The van der Waals surface area contributed by atoms with Crippen molar-refractivity contribution in [1.29, 1.82) is 5.41 Å². The molecule has 0 amide bonds. The average Bonchev–Trinajstić information content (AvgIpc) is 2.31. The first-order valence-electron chi connectivity index (χ1n) is 6.46. The molecule has 0 saturated heterocycles. The molecule has 1 N–H and O–H groups in total. The zero-order valence-corrected chi connectivity index (χ0v) is 11.6. The summed E-state index contributed by atoms with van der Waals surface area (Å²) in [7, 11) is 0. The Bertz CT molecular complexity index is 433. The minimum Gasteiger partial charge on any atom is -0.305 e. The van der Waals surface area contributed by atoms with Crippen molar-refractivity contribution in [2.24, 2.45) is 5.41 Å². The van der Waals surface area contributed by atoms with Gasteiger partial charge in [0.05, 0.1) is 0 Å². The predicted octanol–water partition coefficient (Wildman–Crippen LogP) is 5.00. The highest BCUT2D eigenvalue weighted by Crippen LogP contribution is 2.26. The van der Waals surface area contributed by atoms with Crippen LogP contribution in [0.1, 0.15) is 33.6 Å². The molecule has 0 radical (unpaired) electrons. The molecule has 0 aromatic heterocycles. The minimum atomic E-state index is 0.0528. The molecule has 1 rings (SSSR count). The van der Waals surface area contributed by atoms with Crippen molar-refractivity contribution in [2.75, 3.05) is 0 Å². The van der Waals surface area contributed by atoms with Gasteiger partial charge in [0.15, 0.2) is 0 Å². The van der Waals surface area contributed by atoms with Gasteiger partial charge in [0.1, 0.15) is 0 Å². The van der Waals surface area contributed by atoms with E-state index in [4.69, 9.17) is 5.41 Å². The molecule has 0 aromatic carbocycles. The van der Waals surface area contributed by atoms with Gasteiger partial charge >= 0.3 is 0 Å². The smallest absolute Gasteiger partial charge is 0.0351 e. The summed E-state index contributed by atoms with van der Waals surface area (Å²) in [6.45, 7) is 6.36. The van der Waals surface area contributed by atoms with E-state index < -0.39 is 0 Å². The lowest BCUT2D eigenvalue weighted by Crippen LogP contribution is -2.07. The van der Waals surface area contributed by atoms with E-state index in [1.807, 2.05) is 18.2 Å². The Morgan fingerprint density at radius 2 is 2.06 bits per heavy atom. The molecule has 0 bridgehead atoms. The number of rotatable bonds is 1. The first kappa shape index (κ1) is 14.4. The third-order valence-electron chi connectivity index (χ3n) is 3.02. The van der Waals surface area contributed by atoms with E-state index in [9.17, 15) is 0 Å². The van der Waals surface area contributed by atoms with Crippen LogP contribution in [0.5, 0.6) is 0 Å². The third-order valence-corrected chi connectivity index (χ3v) is 3.02. The van der Waals surface area contributed by atoms with E-state index >= 15 is 0 Å². The Morgan fingerprint density at radius 3 is 2.78 bits per heavy atom. The second-order valence-electron chi connectivity index (χ2n) is 5.01. The van der Waals surface area contributed by atoms with Gasteiger partial charge in [-0.2, -0.15) is 0 Å². The lowest BCUT2D eigenvalue weighted by atomic mass is 9.85. The number of hydrogen-bond donors (Lipinski definition) is 1. The van der Waals surface area contributed by atoms with Gasteiger partial charge < -0.3 is 5.41 Å². The Morgan fingerprint density at radius 1 is 1.28 bits per heavy atom. The van der Waals surface area contributed by atoms with Crippen LogP contribution in [0.25, 0.3) is 0 Å². The van der Waals surface area contributed by atoms with Crippen molar-refractivity contribution >= 4 is 5.71 Å². The fourth-order valence-corrected chi connectivity index (χ4v) is 1.93. The first-order valence-corrected chi connectivity index (χ1v) is 6.46. The molecule has 0 aromatic rings. The van der Waals surface area contributed by atoms with Crippen molar-refractivity contribution in [3.8, 4) is 0 Å². The summed E-state index contributed by atoms with van der Waals surface area (Å²) >= 11 is 0. The minimum absolute atomic E-state index is 0.0528. The largest absolute Gasteiger partial charge is 0.305 e. The molecule has 0 aliphatic heterocycles. The Hall–Kier alpha value is -1.63. The van der Waals surface area contributed by atoms with Crippen molar-refractivity contribution in [2.45, 2.75) is 33.6 Å². The maximum absolute atomic E-state index is 7.79. The summed E-state index contributed by atoms with van der Waals surface area (Å²) in [5.74, 6) is 0. The molecule has 1 heteroatoms. The van der Waals surface area contributed by atoms with Crippen LogP contribution in [0, 0.1) is 10.8 Å². The monoisotopic (exact) mass is 241 g/mol. The summed E-state index contributed by atoms with van der Waals surface area (Å²) in [4.78, 5) is 0. The third kappa shape index (κ3) is 5.13. The van der Waals surface area contributed by atoms with E-state index in [1.54, 1.807) is 0 Å². The highest BCUT2D eigenvalue weighted by atomic mass is 14.4. The van der Waals surface area contributed by atoms with Gasteiger partial charge in [-0.3, -0.25) is 0 Å². The van der Waals surface area contributed by atoms with Crippen LogP contribution >= 0.6 is 0 Å². The molecule has 96 valence electrons. The maximum Gasteiger partial charge on any atom is 0.0351 e. The lowest BCUT2D eigenvalue weighted by molar-refractivity contribution is 0.561. The zero-order chi connectivity index (χ0) is 13.4. The molecule has 1 aliphatic carbocycles. The van der Waals surface area contributed by atoms with Crippen LogP contribution in [-0.2, 0) is 0 Å². The molecule has 18 heavy (non-hydrogen) atoms. The van der Waals surface area contributed by atoms with Crippen LogP contribution < -0.4 is 0 Å². The molecule has 0 spiro atoms. The summed E-state index contributed by atoms with van der Waals surface area (Å²) in [5.41, 5.74) is 1.92. The Kier molecular flexibility index (Phi) is 5.57. The predicted molar refractivity (Wildman–Crippen MR) is 81.1 cm³/mol. The summed E-state index contributed by atoms with van der Waals surface area (Å²) in [6, 6.07) is 0. The lowest BCUT2D eigenvalue weighted by Gasteiger charge is -2.19. The fourth-order valence-electron chi connectivity index (χ4n) is 1.93. The molecule has 0 fully saturated rings. The van der Waals surface area contributed by atoms with Gasteiger partial charge in [-0.15, -0.1) is 0 Å². The Labute approximate surface area is 111 Å². The molecular weight excluding hydrogens is 218 g/mol. The van der Waals surface area contributed by atoms with Crippen LogP contribution in [-0.4, -0.2) is 5.71 Å². The second kappa shape index (κ2) is 6.95. The number of nitrogens with one attached hydrogen (secondary N) is 1. The average molecular weight is 241 g/mol. The van der Waals surface area contributed by atoms with Crippen LogP contribution in [0.4, 0.5) is 0 Å². The molecule has 1 unspecified atom stereocenters. The van der Waals surface area contributed by atoms with Crippen LogP contribution in [0.3, 0.4) is 0 Å². The highest BCUT2D eigenvalue weighted by Gasteiger charge is 2.14. The number of hydrogen-bond acceptors (Lipinski definition) is 1. The summed E-state index contributed by atoms with van der Waals surface area (Å²) in [6.07, 6.45) is 20.5. The SMILES string of the molecule is CC=CC1(C)/C=C\C=C/C(=N)C/C=C(C)\C=C/C1. The normalized spacial score (nSPS) is 34.2. The van der Waals surface area contributed by atoms with Crippen molar-refractivity contribution in [1.82, 2.24) is 0 Å². The quantitative estimate of drug-likeness (QED) is 0.625. The second-order valence-corrected chi connectivity index (χ2v) is 5.01. The summed E-state index contributed by atoms with van der Waals surface area (Å²) < 4.78 is 0. The van der Waals surface area contributed by atoms with Crippen molar-refractivity contribution < 1.29 is 0 Å². The molecular formula is C17H23N. The zero-order valence-electron chi connectivity index (χ0n) is 11.6. The van der Waals surface area contributed by atoms with Crippen LogP contribution in [0.15, 0.2) is 60.3 Å². The molecule has 0 saturated carbocycles. The molecule has 1 atom stereocenters. The number of allylic oxidation sites excluding steroid dienone is 10. The van der Waals surface area contributed by atoms with Gasteiger partial charge in [-0.05, 0) is 26.3 Å². The fraction of sp³-hybridized carbons (Fsp3) is 0.353. The van der Waals surface area contributed by atoms with Gasteiger partial charge in [0, 0.05) is 17.5 Å². The van der Waals surface area contributed by atoms with Gasteiger partial charge in [0.2, 0.25) is 0 Å². The van der Waals surface area contributed by atoms with E-state index in [-0.39, 0.29) is 5.41 Å². The van der Waals surface area contributed by atoms with Gasteiger partial charge in [-0.25, -0.2) is 0 Å². The van der Waals surface area contributed by atoms with Crippen molar-refractivity contribution in [3.05, 3.63) is 60.3 Å². The maximum atomic E-state index is 7.79. The van der Waals surface area contributed by atoms with E-state index in [0.717, 1.165) is 6.42 Å². The standard InChI is InChI=1S/C17H23N/c1-4-12-17(3)13-6-5-9-16(18)11-10-15(2)8-7-14-17/h4-10,12-13,18H,11,14H2,1-3H3/b8-7-,9-5-,12-4?,13-6-,15-10-,18-16?. The van der Waals surface area contributed by atoms with Crippen LogP contribution in [0.2, 0.25) is 0 Å². The summed E-state index contributed by atoms with van der Waals surface area (Å²) in [5, 5.41) is 7.79. The van der Waals surface area contributed by atoms with E-state index in [0.29, 0.717) is 12.1 Å². The van der Waals surface area contributed by atoms with Crippen molar-refractivity contribution in [3.63, 3.8) is 0 Å². The highest BCUT2D eigenvalue weighted by molar-refractivity contribution is 5.93. The molecule has 1 nitrogen and oxygen atoms in total. The molecule has 0 heterocycles. The topological polar surface area (TPSA) is 23.9 Å². The molecule has 1 aliphatic rings. The first-order chi connectivity index (χ1) is 8.56.